The number of ketones is 1. The van der Waals surface area contributed by atoms with Crippen LogP contribution in [0.4, 0.5) is 0 Å². The standard InChI is InChI=1S/C29H44O6/c1-23(2)18-7-10-27(6)21(25(18,4)9-8-20(23)31)17(30)15-19-26(27,5)13-11-24(3)12-14-28(34,22(32)33)16-29(19,24)35/h15,18,20-21,31,34-35H,7-14,16H2,1-6H3,(H,32,33)/t18?,20?,21?,24-,25-,26?,27+,28+,29?/m0/s1. The zero-order chi connectivity index (χ0) is 26.0. The monoisotopic (exact) mass is 488 g/mol. The molecule has 0 amide bonds. The van der Waals surface area contributed by atoms with Gasteiger partial charge in [0.1, 0.15) is 0 Å². The van der Waals surface area contributed by atoms with E-state index in [-0.39, 0.29) is 47.4 Å². The van der Waals surface area contributed by atoms with Crippen molar-refractivity contribution in [2.75, 3.05) is 0 Å². The number of hydrogen-bond acceptors (Lipinski definition) is 5. The normalized spacial score (nSPS) is 55.1. The summed E-state index contributed by atoms with van der Waals surface area (Å²) >= 11 is 0. The molecule has 0 saturated heterocycles. The summed E-state index contributed by atoms with van der Waals surface area (Å²) in [6.45, 7) is 12.9. The quantitative estimate of drug-likeness (QED) is 0.439. The number of aliphatic hydroxyl groups excluding tert-OH is 1. The molecule has 0 aromatic heterocycles. The molecule has 196 valence electrons. The number of carboxylic acid groups (broad SMARTS) is 1. The molecule has 4 N–H and O–H groups in total. The van der Waals surface area contributed by atoms with E-state index in [1.807, 2.05) is 6.92 Å². The van der Waals surface area contributed by atoms with Crippen molar-refractivity contribution in [3.8, 4) is 0 Å². The summed E-state index contributed by atoms with van der Waals surface area (Å²) in [4.78, 5) is 26.2. The molecule has 0 radical (unpaired) electrons. The third-order valence-electron chi connectivity index (χ3n) is 12.8. The number of carboxylic acids is 1. The first-order valence-electron chi connectivity index (χ1n) is 13.5. The van der Waals surface area contributed by atoms with E-state index in [2.05, 4.69) is 34.6 Å². The molecule has 35 heavy (non-hydrogen) atoms. The van der Waals surface area contributed by atoms with E-state index in [1.165, 1.54) is 0 Å². The van der Waals surface area contributed by atoms with Gasteiger partial charge in [0.05, 0.1) is 11.7 Å². The highest BCUT2D eigenvalue weighted by atomic mass is 16.4. The van der Waals surface area contributed by atoms with E-state index in [0.29, 0.717) is 18.4 Å². The molecule has 0 spiro atoms. The minimum absolute atomic E-state index is 0.0291. The Balaban J connectivity index is 1.66. The van der Waals surface area contributed by atoms with Crippen LogP contribution in [-0.2, 0) is 9.59 Å². The van der Waals surface area contributed by atoms with Crippen molar-refractivity contribution in [2.24, 2.45) is 38.9 Å². The maximum Gasteiger partial charge on any atom is 0.335 e. The van der Waals surface area contributed by atoms with Crippen molar-refractivity contribution in [1.29, 1.82) is 0 Å². The number of aliphatic carboxylic acids is 1. The Hall–Kier alpha value is -1.24. The van der Waals surface area contributed by atoms with Gasteiger partial charge in [-0.2, -0.15) is 0 Å². The predicted molar refractivity (Wildman–Crippen MR) is 131 cm³/mol. The SMILES string of the molecule is CC1(C)C(O)CC[C@@]2(C)C1CC[C@]1(C)C2C(=O)C=C2C3(O)C[C@@](O)(C(=O)O)CC[C@]3(C)CCC21C. The molecule has 5 aliphatic carbocycles. The van der Waals surface area contributed by atoms with Crippen LogP contribution in [0.25, 0.3) is 0 Å². The van der Waals surface area contributed by atoms with Crippen LogP contribution in [0.3, 0.4) is 0 Å². The van der Waals surface area contributed by atoms with E-state index in [0.717, 1.165) is 32.1 Å². The van der Waals surface area contributed by atoms with Crippen molar-refractivity contribution in [3.63, 3.8) is 0 Å². The Kier molecular flexibility index (Phi) is 5.07. The average molecular weight is 489 g/mol. The maximum absolute atomic E-state index is 14.2. The van der Waals surface area contributed by atoms with Gasteiger partial charge in [-0.1, -0.05) is 41.5 Å². The van der Waals surface area contributed by atoms with E-state index < -0.39 is 33.4 Å². The van der Waals surface area contributed by atoms with Gasteiger partial charge in [-0.15, -0.1) is 0 Å². The Labute approximate surface area is 209 Å². The number of aliphatic hydroxyl groups is 3. The second-order valence-electron chi connectivity index (χ2n) is 14.6. The molecule has 6 heteroatoms. The lowest BCUT2D eigenvalue weighted by Gasteiger charge is -2.71. The first-order chi connectivity index (χ1) is 15.9. The van der Waals surface area contributed by atoms with Gasteiger partial charge in [0.25, 0.3) is 0 Å². The van der Waals surface area contributed by atoms with Crippen molar-refractivity contribution in [3.05, 3.63) is 11.6 Å². The highest BCUT2D eigenvalue weighted by Gasteiger charge is 2.73. The smallest absolute Gasteiger partial charge is 0.335 e. The summed E-state index contributed by atoms with van der Waals surface area (Å²) in [6, 6.07) is 0. The summed E-state index contributed by atoms with van der Waals surface area (Å²) in [5, 5.41) is 44.0. The predicted octanol–water partition coefficient (Wildman–Crippen LogP) is 4.25. The van der Waals surface area contributed by atoms with Crippen LogP contribution in [0.1, 0.15) is 99.3 Å². The van der Waals surface area contributed by atoms with E-state index in [4.69, 9.17) is 0 Å². The first kappa shape index (κ1) is 25.4. The topological polar surface area (TPSA) is 115 Å². The molecule has 5 rings (SSSR count). The Morgan fingerprint density at radius 3 is 2.17 bits per heavy atom. The van der Waals surface area contributed by atoms with Crippen LogP contribution in [0.2, 0.25) is 0 Å². The number of rotatable bonds is 1. The maximum atomic E-state index is 14.2. The molecular formula is C29H44O6. The molecule has 5 unspecified atom stereocenters. The van der Waals surface area contributed by atoms with E-state index >= 15 is 0 Å². The number of hydrogen-bond donors (Lipinski definition) is 4. The molecule has 0 aliphatic heterocycles. The molecule has 6 nitrogen and oxygen atoms in total. The van der Waals surface area contributed by atoms with E-state index in [9.17, 15) is 30.0 Å². The van der Waals surface area contributed by atoms with Crippen molar-refractivity contribution >= 4 is 11.8 Å². The minimum Gasteiger partial charge on any atom is -0.479 e. The Morgan fingerprint density at radius 1 is 0.914 bits per heavy atom. The summed E-state index contributed by atoms with van der Waals surface area (Å²) in [5.74, 6) is -1.27. The highest BCUT2D eigenvalue weighted by Crippen LogP contribution is 2.75. The number of carbonyl (C=O) groups is 2. The fourth-order valence-electron chi connectivity index (χ4n) is 10.2. The molecule has 4 saturated carbocycles. The molecule has 9 atom stereocenters. The lowest BCUT2D eigenvalue weighted by molar-refractivity contribution is -0.226. The molecule has 5 aliphatic rings. The van der Waals surface area contributed by atoms with Crippen LogP contribution >= 0.6 is 0 Å². The lowest BCUT2D eigenvalue weighted by atomic mass is 9.33. The van der Waals surface area contributed by atoms with Crippen LogP contribution in [0.5, 0.6) is 0 Å². The first-order valence-corrected chi connectivity index (χ1v) is 13.5. The van der Waals surface area contributed by atoms with Crippen molar-refractivity contribution < 1.29 is 30.0 Å². The number of carbonyl (C=O) groups excluding carboxylic acids is 1. The molecule has 0 bridgehead atoms. The largest absolute Gasteiger partial charge is 0.479 e. The fourth-order valence-corrected chi connectivity index (χ4v) is 10.2. The number of allylic oxidation sites excluding steroid dienone is 1. The van der Waals surface area contributed by atoms with Crippen molar-refractivity contribution in [1.82, 2.24) is 0 Å². The van der Waals surface area contributed by atoms with Gasteiger partial charge in [0.15, 0.2) is 11.4 Å². The van der Waals surface area contributed by atoms with Gasteiger partial charge in [-0.25, -0.2) is 4.79 Å². The van der Waals surface area contributed by atoms with E-state index in [1.54, 1.807) is 6.08 Å². The van der Waals surface area contributed by atoms with Crippen LogP contribution in [0, 0.1) is 38.9 Å². The molecule has 0 aromatic carbocycles. The number of fused-ring (bicyclic) bond motifs is 7. The fraction of sp³-hybridized carbons (Fsp3) is 0.862. The zero-order valence-electron chi connectivity index (χ0n) is 22.3. The summed E-state index contributed by atoms with van der Waals surface area (Å²) in [7, 11) is 0. The minimum atomic E-state index is -2.00. The third-order valence-corrected chi connectivity index (χ3v) is 12.8. The van der Waals surface area contributed by atoms with Gasteiger partial charge < -0.3 is 20.4 Å². The summed E-state index contributed by atoms with van der Waals surface area (Å²) < 4.78 is 0. The molecule has 0 aromatic rings. The van der Waals surface area contributed by atoms with Gasteiger partial charge in [-0.05, 0) is 90.6 Å². The molecular weight excluding hydrogens is 444 g/mol. The molecule has 4 fully saturated rings. The highest BCUT2D eigenvalue weighted by molar-refractivity contribution is 5.96. The average Bonchev–Trinajstić information content (AvgIpc) is 2.74. The zero-order valence-corrected chi connectivity index (χ0v) is 22.3. The van der Waals surface area contributed by atoms with Crippen LogP contribution < -0.4 is 0 Å². The van der Waals surface area contributed by atoms with Gasteiger partial charge in [0, 0.05) is 17.8 Å². The lowest BCUT2D eigenvalue weighted by Crippen LogP contribution is -2.70. The summed E-state index contributed by atoms with van der Waals surface area (Å²) in [5.41, 5.74) is -4.88. The van der Waals surface area contributed by atoms with Gasteiger partial charge >= 0.3 is 5.97 Å². The van der Waals surface area contributed by atoms with Gasteiger partial charge in [0.2, 0.25) is 0 Å². The molecule has 0 heterocycles. The summed E-state index contributed by atoms with van der Waals surface area (Å²) in [6.07, 6.45) is 6.30. The Morgan fingerprint density at radius 2 is 1.54 bits per heavy atom. The van der Waals surface area contributed by atoms with Crippen LogP contribution in [0.15, 0.2) is 11.6 Å². The Bertz CT molecular complexity index is 1020. The van der Waals surface area contributed by atoms with Crippen LogP contribution in [-0.4, -0.2) is 49.5 Å². The second kappa shape index (κ2) is 6.99. The van der Waals surface area contributed by atoms with Gasteiger partial charge in [-0.3, -0.25) is 4.79 Å². The third kappa shape index (κ3) is 2.82. The second-order valence-corrected chi connectivity index (χ2v) is 14.6. The van der Waals surface area contributed by atoms with Crippen molar-refractivity contribution in [2.45, 2.75) is 117 Å².